The summed E-state index contributed by atoms with van der Waals surface area (Å²) in [5, 5.41) is 13.9. The van der Waals surface area contributed by atoms with Crippen molar-refractivity contribution in [3.8, 4) is 6.07 Å². The van der Waals surface area contributed by atoms with Crippen molar-refractivity contribution in [2.75, 3.05) is 44.7 Å². The fourth-order valence-electron chi connectivity index (χ4n) is 7.18. The lowest BCUT2D eigenvalue weighted by molar-refractivity contribution is 0.0939. The van der Waals surface area contributed by atoms with Crippen LogP contribution in [0.4, 0.5) is 10.5 Å². The number of piperidine rings is 1. The topological polar surface area (TPSA) is 68.6 Å². The Morgan fingerprint density at radius 1 is 1.05 bits per heavy atom. The number of amides is 1. The first-order valence-corrected chi connectivity index (χ1v) is 13.9. The van der Waals surface area contributed by atoms with Crippen LogP contribution in [0.5, 0.6) is 0 Å². The van der Waals surface area contributed by atoms with E-state index in [2.05, 4.69) is 64.5 Å². The molecule has 37 heavy (non-hydrogen) atoms. The van der Waals surface area contributed by atoms with Gasteiger partial charge in [0.1, 0.15) is 0 Å². The summed E-state index contributed by atoms with van der Waals surface area (Å²) >= 11 is 0. The van der Waals surface area contributed by atoms with E-state index in [1.165, 1.54) is 18.4 Å². The highest BCUT2D eigenvalue weighted by Crippen LogP contribution is 2.50. The smallest absolute Gasteiger partial charge is 0.407 e. The molecule has 6 nitrogen and oxygen atoms in total. The van der Waals surface area contributed by atoms with Gasteiger partial charge in [-0.2, -0.15) is 5.26 Å². The van der Waals surface area contributed by atoms with Crippen molar-refractivity contribution < 1.29 is 9.53 Å². The van der Waals surface area contributed by atoms with Crippen LogP contribution in [0.1, 0.15) is 43.2 Å². The first kappa shape index (κ1) is 25.6. The molecular formula is C31H40N4O2. The van der Waals surface area contributed by atoms with E-state index in [1.54, 1.807) is 0 Å². The molecule has 1 unspecified atom stereocenters. The number of rotatable bonds is 7. The van der Waals surface area contributed by atoms with E-state index in [0.29, 0.717) is 5.92 Å². The predicted octanol–water partition coefficient (Wildman–Crippen LogP) is 5.13. The van der Waals surface area contributed by atoms with Gasteiger partial charge >= 0.3 is 6.09 Å². The number of hydrogen-bond donors (Lipinski definition) is 1. The summed E-state index contributed by atoms with van der Waals surface area (Å²) in [6.45, 7) is 7.58. The molecule has 2 aliphatic heterocycles. The van der Waals surface area contributed by atoms with Crippen molar-refractivity contribution in [1.82, 2.24) is 10.2 Å². The van der Waals surface area contributed by atoms with E-state index in [-0.39, 0.29) is 17.9 Å². The van der Waals surface area contributed by atoms with Gasteiger partial charge in [-0.05, 0) is 69.3 Å². The molecule has 0 bridgehead atoms. The Labute approximate surface area is 221 Å². The van der Waals surface area contributed by atoms with E-state index in [4.69, 9.17) is 4.74 Å². The number of aryl methyl sites for hydroxylation is 1. The lowest BCUT2D eigenvalue weighted by atomic mass is 9.59. The number of alkyl carbamates (subject to hydrolysis) is 1. The second kappa shape index (κ2) is 11.1. The summed E-state index contributed by atoms with van der Waals surface area (Å²) in [4.78, 5) is 17.2. The first-order chi connectivity index (χ1) is 18.0. The number of carbonyl (C=O) groups is 1. The number of hydrogen-bond acceptors (Lipinski definition) is 5. The molecule has 1 amide bonds. The van der Waals surface area contributed by atoms with Gasteiger partial charge in [-0.15, -0.1) is 0 Å². The summed E-state index contributed by atoms with van der Waals surface area (Å²) in [5.74, 6) is 1.06. The Bertz CT molecular complexity index is 1080. The second-order valence-corrected chi connectivity index (χ2v) is 11.3. The summed E-state index contributed by atoms with van der Waals surface area (Å²) in [6, 6.07) is 22.0. The fourth-order valence-corrected chi connectivity index (χ4v) is 7.18. The maximum absolute atomic E-state index is 12.1. The maximum Gasteiger partial charge on any atom is 0.407 e. The van der Waals surface area contributed by atoms with E-state index in [0.717, 1.165) is 70.4 Å². The third kappa shape index (κ3) is 5.20. The van der Waals surface area contributed by atoms with Crippen LogP contribution >= 0.6 is 0 Å². The number of benzene rings is 2. The highest BCUT2D eigenvalue weighted by molar-refractivity contribution is 5.67. The number of nitrogens with zero attached hydrogens (tertiary/aromatic N) is 3. The molecule has 1 N–H and O–H groups in total. The number of ether oxygens (including phenoxy) is 1. The zero-order valence-electron chi connectivity index (χ0n) is 22.2. The molecule has 3 aliphatic rings. The summed E-state index contributed by atoms with van der Waals surface area (Å²) in [6.07, 6.45) is 4.50. The quantitative estimate of drug-likeness (QED) is 0.571. The summed E-state index contributed by atoms with van der Waals surface area (Å²) in [7, 11) is 1.41. The minimum atomic E-state index is -0.603. The van der Waals surface area contributed by atoms with Crippen LogP contribution in [0.15, 0.2) is 54.6 Å². The average molecular weight is 501 g/mol. The lowest BCUT2D eigenvalue weighted by Gasteiger charge is -2.48. The van der Waals surface area contributed by atoms with Crippen LogP contribution in [-0.4, -0.2) is 56.9 Å². The van der Waals surface area contributed by atoms with Gasteiger partial charge in [0.15, 0.2) is 0 Å². The normalized spacial score (nSPS) is 24.6. The predicted molar refractivity (Wildman–Crippen MR) is 146 cm³/mol. The van der Waals surface area contributed by atoms with Crippen molar-refractivity contribution >= 4 is 11.8 Å². The third-order valence-electron chi connectivity index (χ3n) is 9.13. The molecule has 3 atom stereocenters. The van der Waals surface area contributed by atoms with Gasteiger partial charge in [-0.1, -0.05) is 54.4 Å². The highest BCUT2D eigenvalue weighted by atomic mass is 16.5. The molecule has 6 heteroatoms. The van der Waals surface area contributed by atoms with Crippen LogP contribution in [0.2, 0.25) is 0 Å². The van der Waals surface area contributed by atoms with Crippen LogP contribution in [0, 0.1) is 36.0 Å². The zero-order valence-corrected chi connectivity index (χ0v) is 22.2. The standard InChI is InChI=1S/C31H40N4O2/c1-23-11-13-27(14-12-23)35-20-24(21-35)19-34-17-15-26(16-18-34)31(22-32,25-7-4-3-5-8-25)28-9-6-10-29(28)33-30(36)37-2/h3-5,7-8,11-14,24,26,28-29H,6,9-10,15-21H2,1-2H3,(H,33,36)/t28-,29-,31?/m0/s1. The Hall–Kier alpha value is -3.04. The maximum atomic E-state index is 12.1. The van der Waals surface area contributed by atoms with Gasteiger partial charge in [0.05, 0.1) is 18.6 Å². The summed E-state index contributed by atoms with van der Waals surface area (Å²) in [5.41, 5.74) is 3.13. The monoisotopic (exact) mass is 500 g/mol. The van der Waals surface area contributed by atoms with Crippen LogP contribution in [0.25, 0.3) is 0 Å². The van der Waals surface area contributed by atoms with E-state index in [9.17, 15) is 10.1 Å². The molecule has 0 radical (unpaired) electrons. The minimum Gasteiger partial charge on any atom is -0.453 e. The Morgan fingerprint density at radius 2 is 1.76 bits per heavy atom. The molecule has 196 valence electrons. The third-order valence-corrected chi connectivity index (χ3v) is 9.13. The van der Waals surface area contributed by atoms with Gasteiger partial charge in [-0.25, -0.2) is 4.79 Å². The molecule has 3 fully saturated rings. The first-order valence-electron chi connectivity index (χ1n) is 13.9. The van der Waals surface area contributed by atoms with Gasteiger partial charge in [0.2, 0.25) is 0 Å². The van der Waals surface area contributed by atoms with Gasteiger partial charge in [0, 0.05) is 43.2 Å². The second-order valence-electron chi connectivity index (χ2n) is 11.3. The van der Waals surface area contributed by atoms with Crippen molar-refractivity contribution in [2.24, 2.45) is 17.8 Å². The van der Waals surface area contributed by atoms with E-state index >= 15 is 0 Å². The van der Waals surface area contributed by atoms with Gasteiger partial charge < -0.3 is 19.9 Å². The summed E-state index contributed by atoms with van der Waals surface area (Å²) < 4.78 is 4.92. The SMILES string of the molecule is COC(=O)N[C@H]1CCC[C@@H]1C(C#N)(c1ccccc1)C1CCN(CC2CN(c3ccc(C)cc3)C2)CC1. The van der Waals surface area contributed by atoms with Gasteiger partial charge in [0.25, 0.3) is 0 Å². The van der Waals surface area contributed by atoms with Crippen LogP contribution in [0.3, 0.4) is 0 Å². The molecule has 1 saturated carbocycles. The number of carbonyl (C=O) groups excluding carboxylic acids is 1. The lowest BCUT2D eigenvalue weighted by Crippen LogP contribution is -2.55. The number of nitriles is 1. The van der Waals surface area contributed by atoms with E-state index in [1.807, 2.05) is 18.2 Å². The molecule has 0 aromatic heterocycles. The number of anilines is 1. The van der Waals surface area contributed by atoms with Crippen LogP contribution in [-0.2, 0) is 10.2 Å². The molecule has 0 spiro atoms. The van der Waals surface area contributed by atoms with Crippen LogP contribution < -0.4 is 10.2 Å². The molecule has 2 aromatic carbocycles. The van der Waals surface area contributed by atoms with Crippen molar-refractivity contribution in [3.05, 3.63) is 65.7 Å². The van der Waals surface area contributed by atoms with E-state index < -0.39 is 11.5 Å². The molecular weight excluding hydrogens is 460 g/mol. The fraction of sp³-hybridized carbons (Fsp3) is 0.548. The minimum absolute atomic E-state index is 0.0342. The molecule has 5 rings (SSSR count). The van der Waals surface area contributed by atoms with Crippen molar-refractivity contribution in [2.45, 2.75) is 50.5 Å². The number of likely N-dealkylation sites (tertiary alicyclic amines) is 1. The highest BCUT2D eigenvalue weighted by Gasteiger charge is 2.52. The number of nitrogens with one attached hydrogen (secondary N) is 1. The van der Waals surface area contributed by atoms with Gasteiger partial charge in [-0.3, -0.25) is 0 Å². The molecule has 1 aliphatic carbocycles. The molecule has 2 heterocycles. The average Bonchev–Trinajstić information content (AvgIpc) is 3.37. The molecule has 2 saturated heterocycles. The van der Waals surface area contributed by atoms with Crippen molar-refractivity contribution in [1.29, 1.82) is 5.26 Å². The molecule has 2 aromatic rings. The van der Waals surface area contributed by atoms with Crippen molar-refractivity contribution in [3.63, 3.8) is 0 Å². The number of methoxy groups -OCH3 is 1. The Kier molecular flexibility index (Phi) is 7.71. The Morgan fingerprint density at radius 3 is 2.41 bits per heavy atom. The zero-order chi connectivity index (χ0) is 25.8. The Balaban J connectivity index is 1.25. The largest absolute Gasteiger partial charge is 0.453 e.